The Labute approximate surface area is 313 Å². The molecule has 0 aliphatic rings. The van der Waals surface area contributed by atoms with Gasteiger partial charge >= 0.3 is 32.3 Å². The number of urea groups is 2. The van der Waals surface area contributed by atoms with E-state index in [0.717, 1.165) is 18.2 Å². The van der Waals surface area contributed by atoms with Crippen molar-refractivity contribution in [2.75, 3.05) is 21.3 Å². The fourth-order valence-corrected chi connectivity index (χ4v) is 6.83. The van der Waals surface area contributed by atoms with Crippen molar-refractivity contribution in [1.82, 2.24) is 0 Å². The highest BCUT2D eigenvalue weighted by Crippen LogP contribution is 2.27. The average Bonchev–Trinajstić information content (AvgIpc) is 3.08. The SMILES string of the molecule is CC(C)Oc1cccc(NC(=O)Nc2cccc(OS(=O)(=O)c3cccc(S(=O)(=O)Oc4cccc(NC(=O)Nc5cccc(OC(C)C)c5)c4)c3)c2)c1. The summed E-state index contributed by atoms with van der Waals surface area (Å²) >= 11 is 0. The summed E-state index contributed by atoms with van der Waals surface area (Å²) in [4.78, 5) is 24.4. The third-order valence-corrected chi connectivity index (χ3v) is 9.39. The summed E-state index contributed by atoms with van der Waals surface area (Å²) in [5.74, 6) is 0.863. The molecule has 5 aromatic rings. The highest BCUT2D eigenvalue weighted by molar-refractivity contribution is 7.88. The van der Waals surface area contributed by atoms with E-state index in [1.165, 1.54) is 54.6 Å². The van der Waals surface area contributed by atoms with E-state index in [1.807, 2.05) is 27.7 Å². The number of ether oxygens (including phenoxy) is 2. The summed E-state index contributed by atoms with van der Waals surface area (Å²) in [5, 5.41) is 10.6. The first-order valence-electron chi connectivity index (χ1n) is 16.5. The molecule has 0 aromatic heterocycles. The molecule has 0 unspecified atom stereocenters. The molecule has 0 aliphatic carbocycles. The second-order valence-corrected chi connectivity index (χ2v) is 15.2. The van der Waals surface area contributed by atoms with Gasteiger partial charge < -0.3 is 39.1 Å². The third-order valence-electron chi connectivity index (χ3n) is 6.91. The molecule has 0 atom stereocenters. The maximum absolute atomic E-state index is 13.2. The first-order chi connectivity index (χ1) is 25.6. The molecule has 0 saturated carbocycles. The predicted molar refractivity (Wildman–Crippen MR) is 205 cm³/mol. The maximum Gasteiger partial charge on any atom is 0.339 e. The van der Waals surface area contributed by atoms with Crippen LogP contribution < -0.4 is 39.1 Å². The van der Waals surface area contributed by atoms with Gasteiger partial charge in [-0.25, -0.2) is 9.59 Å². The van der Waals surface area contributed by atoms with Crippen LogP contribution in [0.25, 0.3) is 0 Å². The van der Waals surface area contributed by atoms with Gasteiger partial charge in [-0.3, -0.25) is 0 Å². The van der Waals surface area contributed by atoms with Crippen LogP contribution in [0.4, 0.5) is 32.3 Å². The first kappa shape index (κ1) is 39.0. The molecular weight excluding hydrogens is 737 g/mol. The molecule has 282 valence electrons. The molecule has 16 heteroatoms. The van der Waals surface area contributed by atoms with Crippen molar-refractivity contribution in [2.24, 2.45) is 0 Å². The van der Waals surface area contributed by atoms with Crippen molar-refractivity contribution in [3.8, 4) is 23.0 Å². The van der Waals surface area contributed by atoms with Crippen molar-refractivity contribution in [1.29, 1.82) is 0 Å². The van der Waals surface area contributed by atoms with Gasteiger partial charge in [-0.05, 0) is 94.4 Å². The topological polar surface area (TPSA) is 187 Å². The number of hydrogen-bond acceptors (Lipinski definition) is 10. The molecular formula is C38H38N4O10S2. The van der Waals surface area contributed by atoms with E-state index in [0.29, 0.717) is 22.9 Å². The molecule has 0 bridgehead atoms. The van der Waals surface area contributed by atoms with E-state index >= 15 is 0 Å². The Balaban J connectivity index is 1.21. The molecule has 0 saturated heterocycles. The summed E-state index contributed by atoms with van der Waals surface area (Å²) in [6, 6.07) is 28.2. The summed E-state index contributed by atoms with van der Waals surface area (Å²) in [7, 11) is -9.11. The Hall–Kier alpha value is -6.26. The summed E-state index contributed by atoms with van der Waals surface area (Å²) in [6.07, 6.45) is -0.106. The van der Waals surface area contributed by atoms with Crippen LogP contribution in [0.3, 0.4) is 0 Å². The molecule has 0 spiro atoms. The summed E-state index contributed by atoms with van der Waals surface area (Å²) in [5.41, 5.74) is 1.39. The smallest absolute Gasteiger partial charge is 0.339 e. The number of amides is 4. The van der Waals surface area contributed by atoms with Gasteiger partial charge in [-0.15, -0.1) is 0 Å². The Kier molecular flexibility index (Phi) is 12.3. The summed E-state index contributed by atoms with van der Waals surface area (Å²) in [6.45, 7) is 7.53. The first-order valence-corrected chi connectivity index (χ1v) is 19.3. The zero-order chi connectivity index (χ0) is 38.9. The Morgan fingerprint density at radius 1 is 0.444 bits per heavy atom. The second-order valence-electron chi connectivity index (χ2n) is 12.2. The zero-order valence-electron chi connectivity index (χ0n) is 29.6. The Bertz CT molecular complexity index is 2190. The molecule has 5 aromatic carbocycles. The van der Waals surface area contributed by atoms with Crippen LogP contribution >= 0.6 is 0 Å². The van der Waals surface area contributed by atoms with Crippen molar-refractivity contribution >= 4 is 55.0 Å². The fourth-order valence-electron chi connectivity index (χ4n) is 4.81. The van der Waals surface area contributed by atoms with E-state index in [1.54, 1.807) is 48.5 Å². The molecule has 54 heavy (non-hydrogen) atoms. The molecule has 0 aliphatic heterocycles. The van der Waals surface area contributed by atoms with Gasteiger partial charge in [0.2, 0.25) is 0 Å². The lowest BCUT2D eigenvalue weighted by molar-refractivity contribution is 0.242. The standard InChI is InChI=1S/C38H38N4O10S2/c1-25(2)49-31-14-5-10-27(20-31)39-37(43)41-29-12-7-16-33(22-29)51-53(45,46)35-18-9-19-36(24-35)54(47,48)52-34-17-8-13-30(23-34)42-38(44)40-28-11-6-15-32(21-28)50-26(3)4/h5-26H,1-4H3,(H2,39,41,43)(H2,40,42,44). The van der Waals surface area contributed by atoms with E-state index in [2.05, 4.69) is 21.3 Å². The number of carbonyl (C=O) groups is 2. The normalized spacial score (nSPS) is 11.4. The van der Waals surface area contributed by atoms with E-state index < -0.39 is 42.1 Å². The number of hydrogen-bond donors (Lipinski definition) is 4. The van der Waals surface area contributed by atoms with Gasteiger partial charge in [-0.2, -0.15) is 16.8 Å². The van der Waals surface area contributed by atoms with E-state index in [4.69, 9.17) is 17.8 Å². The molecule has 14 nitrogen and oxygen atoms in total. The van der Waals surface area contributed by atoms with Crippen LogP contribution in [-0.2, 0) is 20.2 Å². The third kappa shape index (κ3) is 11.4. The zero-order valence-corrected chi connectivity index (χ0v) is 31.2. The lowest BCUT2D eigenvalue weighted by Gasteiger charge is -2.13. The molecule has 4 N–H and O–H groups in total. The van der Waals surface area contributed by atoms with Crippen LogP contribution in [0.2, 0.25) is 0 Å². The van der Waals surface area contributed by atoms with Crippen LogP contribution in [-0.4, -0.2) is 41.1 Å². The molecule has 0 radical (unpaired) electrons. The van der Waals surface area contributed by atoms with E-state index in [-0.39, 0.29) is 35.1 Å². The van der Waals surface area contributed by atoms with Gasteiger partial charge in [0, 0.05) is 47.0 Å². The predicted octanol–water partition coefficient (Wildman–Crippen LogP) is 8.08. The van der Waals surface area contributed by atoms with Gasteiger partial charge in [-0.1, -0.05) is 30.3 Å². The van der Waals surface area contributed by atoms with Crippen molar-refractivity contribution in [2.45, 2.75) is 49.7 Å². The largest absolute Gasteiger partial charge is 0.491 e. The number of anilines is 4. The average molecular weight is 775 g/mol. The Morgan fingerprint density at radius 3 is 1.07 bits per heavy atom. The number of benzene rings is 5. The number of rotatable bonds is 14. The quantitative estimate of drug-likeness (QED) is 0.0804. The minimum atomic E-state index is -4.56. The second kappa shape index (κ2) is 17.0. The lowest BCUT2D eigenvalue weighted by atomic mass is 10.3. The summed E-state index contributed by atoms with van der Waals surface area (Å²) < 4.78 is 74.8. The van der Waals surface area contributed by atoms with Gasteiger partial charge in [0.1, 0.15) is 32.8 Å². The van der Waals surface area contributed by atoms with Gasteiger partial charge in [0.15, 0.2) is 0 Å². The Morgan fingerprint density at radius 2 is 0.741 bits per heavy atom. The molecule has 4 amide bonds. The van der Waals surface area contributed by atoms with Crippen molar-refractivity contribution in [3.63, 3.8) is 0 Å². The van der Waals surface area contributed by atoms with Crippen LogP contribution in [0.15, 0.2) is 131 Å². The maximum atomic E-state index is 13.2. The van der Waals surface area contributed by atoms with Crippen molar-refractivity contribution < 1.29 is 44.3 Å². The van der Waals surface area contributed by atoms with Crippen LogP contribution in [0.5, 0.6) is 23.0 Å². The minimum Gasteiger partial charge on any atom is -0.491 e. The minimum absolute atomic E-state index is 0.0531. The van der Waals surface area contributed by atoms with Gasteiger partial charge in [0.05, 0.1) is 12.2 Å². The molecule has 5 rings (SSSR count). The highest BCUT2D eigenvalue weighted by atomic mass is 32.2. The lowest BCUT2D eigenvalue weighted by Crippen LogP contribution is -2.19. The van der Waals surface area contributed by atoms with Crippen LogP contribution in [0, 0.1) is 0 Å². The monoisotopic (exact) mass is 774 g/mol. The number of nitrogens with one attached hydrogen (secondary N) is 4. The van der Waals surface area contributed by atoms with Crippen LogP contribution in [0.1, 0.15) is 27.7 Å². The fraction of sp³-hybridized carbons (Fsp3) is 0.158. The van der Waals surface area contributed by atoms with Gasteiger partial charge in [0.25, 0.3) is 0 Å². The van der Waals surface area contributed by atoms with E-state index in [9.17, 15) is 26.4 Å². The van der Waals surface area contributed by atoms with Crippen molar-refractivity contribution in [3.05, 3.63) is 121 Å². The highest BCUT2D eigenvalue weighted by Gasteiger charge is 2.23. The number of carbonyl (C=O) groups excluding carboxylic acids is 2. The molecule has 0 heterocycles. The molecule has 0 fully saturated rings.